The molecule has 2 N–H and O–H groups in total. The van der Waals surface area contributed by atoms with Gasteiger partial charge < -0.3 is 5.73 Å². The second-order valence-corrected chi connectivity index (χ2v) is 5.94. The third kappa shape index (κ3) is 2.34. The van der Waals surface area contributed by atoms with Gasteiger partial charge in [0.1, 0.15) is 5.82 Å². The SMILES string of the molecule is NC(Cc1c(F)cccc1Cl)C1(c2ccccc2)CC1. The summed E-state index contributed by atoms with van der Waals surface area (Å²) in [4.78, 5) is 0. The Balaban J connectivity index is 1.85. The van der Waals surface area contributed by atoms with Crippen LogP contribution in [0.15, 0.2) is 48.5 Å². The maximum atomic E-state index is 13.9. The van der Waals surface area contributed by atoms with Gasteiger partial charge in [0.15, 0.2) is 0 Å². The second kappa shape index (κ2) is 5.19. The van der Waals surface area contributed by atoms with Crippen LogP contribution in [0.5, 0.6) is 0 Å². The molecule has 3 heteroatoms. The number of rotatable bonds is 4. The van der Waals surface area contributed by atoms with Gasteiger partial charge in [-0.05, 0) is 37.0 Å². The highest BCUT2D eigenvalue weighted by molar-refractivity contribution is 6.31. The van der Waals surface area contributed by atoms with Gasteiger partial charge >= 0.3 is 0 Å². The van der Waals surface area contributed by atoms with Crippen molar-refractivity contribution in [2.45, 2.75) is 30.7 Å². The van der Waals surface area contributed by atoms with Gasteiger partial charge in [0.25, 0.3) is 0 Å². The Bertz CT molecular complexity index is 587. The van der Waals surface area contributed by atoms with Crippen LogP contribution in [0.2, 0.25) is 5.02 Å². The lowest BCUT2D eigenvalue weighted by Crippen LogP contribution is -2.37. The summed E-state index contributed by atoms with van der Waals surface area (Å²) >= 11 is 6.09. The Morgan fingerprint density at radius 1 is 1.10 bits per heavy atom. The summed E-state index contributed by atoms with van der Waals surface area (Å²) in [5, 5.41) is 0.462. The van der Waals surface area contributed by atoms with Crippen LogP contribution >= 0.6 is 11.6 Å². The summed E-state index contributed by atoms with van der Waals surface area (Å²) in [5.41, 5.74) is 8.16. The van der Waals surface area contributed by atoms with Crippen molar-refractivity contribution in [3.8, 4) is 0 Å². The highest BCUT2D eigenvalue weighted by atomic mass is 35.5. The zero-order valence-corrected chi connectivity index (χ0v) is 11.9. The fourth-order valence-electron chi connectivity index (χ4n) is 2.92. The van der Waals surface area contributed by atoms with Crippen molar-refractivity contribution in [3.63, 3.8) is 0 Å². The minimum atomic E-state index is -0.267. The number of nitrogens with two attached hydrogens (primary N) is 1. The Labute approximate surface area is 123 Å². The van der Waals surface area contributed by atoms with Crippen molar-refractivity contribution in [3.05, 3.63) is 70.5 Å². The number of hydrogen-bond donors (Lipinski definition) is 1. The van der Waals surface area contributed by atoms with Crippen molar-refractivity contribution in [1.29, 1.82) is 0 Å². The van der Waals surface area contributed by atoms with E-state index in [0.717, 1.165) is 12.8 Å². The lowest BCUT2D eigenvalue weighted by atomic mass is 9.85. The van der Waals surface area contributed by atoms with Crippen LogP contribution < -0.4 is 5.73 Å². The van der Waals surface area contributed by atoms with Gasteiger partial charge in [-0.25, -0.2) is 4.39 Å². The largest absolute Gasteiger partial charge is 0.327 e. The average Bonchev–Trinajstić information content (AvgIpc) is 3.25. The summed E-state index contributed by atoms with van der Waals surface area (Å²) in [5.74, 6) is -0.267. The lowest BCUT2D eigenvalue weighted by molar-refractivity contribution is 0.500. The molecule has 1 saturated carbocycles. The van der Waals surface area contributed by atoms with Crippen molar-refractivity contribution in [2.24, 2.45) is 5.73 Å². The van der Waals surface area contributed by atoms with E-state index in [1.165, 1.54) is 11.6 Å². The van der Waals surface area contributed by atoms with Crippen LogP contribution in [0, 0.1) is 5.82 Å². The van der Waals surface area contributed by atoms with E-state index in [-0.39, 0.29) is 17.3 Å². The first kappa shape index (κ1) is 13.6. The molecule has 3 rings (SSSR count). The zero-order valence-electron chi connectivity index (χ0n) is 11.2. The summed E-state index contributed by atoms with van der Waals surface area (Å²) in [6.45, 7) is 0. The molecule has 2 aromatic rings. The molecule has 1 nitrogen and oxygen atoms in total. The smallest absolute Gasteiger partial charge is 0.127 e. The molecule has 0 amide bonds. The van der Waals surface area contributed by atoms with Crippen molar-refractivity contribution < 1.29 is 4.39 Å². The first-order chi connectivity index (χ1) is 9.63. The van der Waals surface area contributed by atoms with E-state index in [1.807, 2.05) is 18.2 Å². The molecule has 1 atom stereocenters. The minimum Gasteiger partial charge on any atom is -0.327 e. The van der Waals surface area contributed by atoms with Crippen LogP contribution in [0.3, 0.4) is 0 Å². The molecule has 0 aromatic heterocycles. The molecule has 2 aromatic carbocycles. The second-order valence-electron chi connectivity index (χ2n) is 5.53. The molecule has 0 radical (unpaired) electrons. The predicted octanol–water partition coefficient (Wildman–Crippen LogP) is 4.08. The average molecular weight is 290 g/mol. The van der Waals surface area contributed by atoms with Gasteiger partial charge in [0, 0.05) is 22.0 Å². The van der Waals surface area contributed by atoms with Gasteiger partial charge in [0.05, 0.1) is 0 Å². The predicted molar refractivity (Wildman–Crippen MR) is 80.4 cm³/mol. The highest BCUT2D eigenvalue weighted by Crippen LogP contribution is 2.51. The molecular weight excluding hydrogens is 273 g/mol. The van der Waals surface area contributed by atoms with E-state index in [1.54, 1.807) is 12.1 Å². The van der Waals surface area contributed by atoms with E-state index in [4.69, 9.17) is 17.3 Å². The quantitative estimate of drug-likeness (QED) is 0.902. The standard InChI is InChI=1S/C17H17ClFN/c18-14-7-4-8-15(19)13(14)11-16(20)17(9-10-17)12-5-2-1-3-6-12/h1-8,16H,9-11,20H2. The highest BCUT2D eigenvalue weighted by Gasteiger charge is 2.49. The molecular formula is C17H17ClFN. The fourth-order valence-corrected chi connectivity index (χ4v) is 3.16. The van der Waals surface area contributed by atoms with Crippen LogP contribution in [0.1, 0.15) is 24.0 Å². The van der Waals surface area contributed by atoms with Crippen LogP contribution in [0.4, 0.5) is 4.39 Å². The van der Waals surface area contributed by atoms with Gasteiger partial charge in [-0.3, -0.25) is 0 Å². The molecule has 0 bridgehead atoms. The third-order valence-corrected chi connectivity index (χ3v) is 4.69. The third-order valence-electron chi connectivity index (χ3n) is 4.33. The van der Waals surface area contributed by atoms with E-state index < -0.39 is 0 Å². The van der Waals surface area contributed by atoms with Gasteiger partial charge in [-0.15, -0.1) is 0 Å². The van der Waals surface area contributed by atoms with Crippen molar-refractivity contribution >= 4 is 11.6 Å². The number of benzene rings is 2. The molecule has 0 spiro atoms. The Kier molecular flexibility index (Phi) is 3.53. The van der Waals surface area contributed by atoms with Crippen LogP contribution in [-0.4, -0.2) is 6.04 Å². The molecule has 0 aliphatic heterocycles. The number of hydrogen-bond acceptors (Lipinski definition) is 1. The summed E-state index contributed by atoms with van der Waals surface area (Å²) in [6, 6.07) is 14.9. The molecule has 104 valence electrons. The van der Waals surface area contributed by atoms with Gasteiger partial charge in [-0.2, -0.15) is 0 Å². The molecule has 0 heterocycles. The summed E-state index contributed by atoms with van der Waals surface area (Å²) in [6.07, 6.45) is 2.59. The van der Waals surface area contributed by atoms with E-state index in [0.29, 0.717) is 17.0 Å². The minimum absolute atomic E-state index is 0.00707. The van der Waals surface area contributed by atoms with Crippen LogP contribution in [-0.2, 0) is 11.8 Å². The normalized spacial score (nSPS) is 17.8. The maximum absolute atomic E-state index is 13.9. The van der Waals surface area contributed by atoms with E-state index >= 15 is 0 Å². The molecule has 0 saturated heterocycles. The summed E-state index contributed by atoms with van der Waals surface area (Å²) < 4.78 is 13.9. The van der Waals surface area contributed by atoms with Crippen molar-refractivity contribution in [2.75, 3.05) is 0 Å². The monoisotopic (exact) mass is 289 g/mol. The van der Waals surface area contributed by atoms with Gasteiger partial charge in [-0.1, -0.05) is 48.0 Å². The first-order valence-corrected chi connectivity index (χ1v) is 7.25. The summed E-state index contributed by atoms with van der Waals surface area (Å²) in [7, 11) is 0. The Morgan fingerprint density at radius 2 is 1.80 bits per heavy atom. The molecule has 1 unspecified atom stereocenters. The maximum Gasteiger partial charge on any atom is 0.127 e. The molecule has 20 heavy (non-hydrogen) atoms. The first-order valence-electron chi connectivity index (χ1n) is 6.87. The number of halogens is 2. The lowest BCUT2D eigenvalue weighted by Gasteiger charge is -2.24. The van der Waals surface area contributed by atoms with E-state index in [9.17, 15) is 4.39 Å². The molecule has 1 aliphatic carbocycles. The topological polar surface area (TPSA) is 26.0 Å². The Morgan fingerprint density at radius 3 is 2.40 bits per heavy atom. The zero-order chi connectivity index (χ0) is 14.2. The Hall–Kier alpha value is -1.38. The van der Waals surface area contributed by atoms with E-state index in [2.05, 4.69) is 12.1 Å². The fraction of sp³-hybridized carbons (Fsp3) is 0.294. The van der Waals surface area contributed by atoms with Gasteiger partial charge in [0.2, 0.25) is 0 Å². The van der Waals surface area contributed by atoms with Crippen LogP contribution in [0.25, 0.3) is 0 Å². The molecule has 1 fully saturated rings. The molecule has 1 aliphatic rings. The van der Waals surface area contributed by atoms with Crippen molar-refractivity contribution in [1.82, 2.24) is 0 Å².